The fourth-order valence-corrected chi connectivity index (χ4v) is 2.74. The quantitative estimate of drug-likeness (QED) is 0.888. The van der Waals surface area contributed by atoms with E-state index in [0.717, 1.165) is 0 Å². The Morgan fingerprint density at radius 3 is 2.38 bits per heavy atom. The molecule has 2 rings (SSSR count). The SMILES string of the molecule is O=C(O)C1CCC(Nc2ccccc2CC(F)(F)F)CC1. The number of anilines is 1. The van der Waals surface area contributed by atoms with Gasteiger partial charge >= 0.3 is 12.1 Å². The molecule has 6 heteroatoms. The number of aliphatic carboxylic acids is 1. The number of carbonyl (C=O) groups is 1. The van der Waals surface area contributed by atoms with Crippen LogP contribution in [0.3, 0.4) is 0 Å². The zero-order valence-corrected chi connectivity index (χ0v) is 11.5. The van der Waals surface area contributed by atoms with Crippen molar-refractivity contribution < 1.29 is 23.1 Å². The highest BCUT2D eigenvalue weighted by Crippen LogP contribution is 2.30. The van der Waals surface area contributed by atoms with Crippen molar-refractivity contribution in [1.29, 1.82) is 0 Å². The molecule has 0 radical (unpaired) electrons. The van der Waals surface area contributed by atoms with Crippen molar-refractivity contribution in [3.05, 3.63) is 29.8 Å². The van der Waals surface area contributed by atoms with Crippen LogP contribution in [-0.2, 0) is 11.2 Å². The van der Waals surface area contributed by atoms with Crippen LogP contribution in [-0.4, -0.2) is 23.3 Å². The molecule has 0 atom stereocenters. The third-order valence-electron chi connectivity index (χ3n) is 3.84. The fraction of sp³-hybridized carbons (Fsp3) is 0.533. The summed E-state index contributed by atoms with van der Waals surface area (Å²) >= 11 is 0. The number of hydrogen-bond acceptors (Lipinski definition) is 2. The molecule has 0 aliphatic heterocycles. The monoisotopic (exact) mass is 301 g/mol. The van der Waals surface area contributed by atoms with Crippen molar-refractivity contribution in [3.8, 4) is 0 Å². The van der Waals surface area contributed by atoms with Gasteiger partial charge in [0.25, 0.3) is 0 Å². The summed E-state index contributed by atoms with van der Waals surface area (Å²) in [5.74, 6) is -1.11. The molecule has 1 saturated carbocycles. The highest BCUT2D eigenvalue weighted by atomic mass is 19.4. The van der Waals surface area contributed by atoms with Crippen LogP contribution in [0.25, 0.3) is 0 Å². The molecule has 1 aliphatic rings. The summed E-state index contributed by atoms with van der Waals surface area (Å²) in [6.45, 7) is 0. The van der Waals surface area contributed by atoms with E-state index < -0.39 is 18.6 Å². The lowest BCUT2D eigenvalue weighted by Crippen LogP contribution is -2.29. The normalized spacial score (nSPS) is 22.8. The average Bonchev–Trinajstić information content (AvgIpc) is 2.40. The lowest BCUT2D eigenvalue weighted by molar-refractivity contribution is -0.142. The van der Waals surface area contributed by atoms with Crippen LogP contribution >= 0.6 is 0 Å². The number of halogens is 3. The summed E-state index contributed by atoms with van der Waals surface area (Å²) in [7, 11) is 0. The number of nitrogens with one attached hydrogen (secondary N) is 1. The molecule has 0 saturated heterocycles. The van der Waals surface area contributed by atoms with Gasteiger partial charge in [0.2, 0.25) is 0 Å². The maximum atomic E-state index is 12.5. The summed E-state index contributed by atoms with van der Waals surface area (Å²) < 4.78 is 37.6. The molecular formula is C15H18F3NO2. The Morgan fingerprint density at radius 2 is 1.81 bits per heavy atom. The van der Waals surface area contributed by atoms with Crippen LogP contribution in [0, 0.1) is 5.92 Å². The Labute approximate surface area is 121 Å². The first kappa shape index (κ1) is 15.7. The maximum Gasteiger partial charge on any atom is 0.393 e. The Kier molecular flexibility index (Phi) is 4.75. The van der Waals surface area contributed by atoms with Crippen LogP contribution in [0.2, 0.25) is 0 Å². The van der Waals surface area contributed by atoms with Gasteiger partial charge in [-0.25, -0.2) is 0 Å². The average molecular weight is 301 g/mol. The molecule has 1 aromatic rings. The van der Waals surface area contributed by atoms with E-state index in [4.69, 9.17) is 5.11 Å². The molecule has 1 aromatic carbocycles. The van der Waals surface area contributed by atoms with Crippen molar-refractivity contribution in [1.82, 2.24) is 0 Å². The molecule has 0 unspecified atom stereocenters. The minimum atomic E-state index is -4.24. The number of carboxylic acids is 1. The van der Waals surface area contributed by atoms with Crippen LogP contribution in [0.5, 0.6) is 0 Å². The van der Waals surface area contributed by atoms with Crippen molar-refractivity contribution >= 4 is 11.7 Å². The molecule has 1 fully saturated rings. The summed E-state index contributed by atoms with van der Waals surface area (Å²) in [6.07, 6.45) is -2.74. The molecule has 21 heavy (non-hydrogen) atoms. The van der Waals surface area contributed by atoms with Crippen LogP contribution < -0.4 is 5.32 Å². The molecule has 0 heterocycles. The molecule has 1 aliphatic carbocycles. The van der Waals surface area contributed by atoms with E-state index in [1.165, 1.54) is 6.07 Å². The van der Waals surface area contributed by atoms with Gasteiger partial charge in [-0.2, -0.15) is 13.2 Å². The Bertz CT molecular complexity index is 494. The Morgan fingerprint density at radius 1 is 1.19 bits per heavy atom. The van der Waals surface area contributed by atoms with Gasteiger partial charge in [0.1, 0.15) is 0 Å². The summed E-state index contributed by atoms with van der Waals surface area (Å²) in [4.78, 5) is 10.9. The number of alkyl halides is 3. The Balaban J connectivity index is 1.99. The molecule has 116 valence electrons. The maximum absolute atomic E-state index is 12.5. The summed E-state index contributed by atoms with van der Waals surface area (Å²) in [5, 5.41) is 12.1. The van der Waals surface area contributed by atoms with Gasteiger partial charge in [-0.05, 0) is 37.3 Å². The molecule has 0 aromatic heterocycles. The zero-order valence-electron chi connectivity index (χ0n) is 11.5. The smallest absolute Gasteiger partial charge is 0.393 e. The first-order valence-electron chi connectivity index (χ1n) is 6.99. The van der Waals surface area contributed by atoms with E-state index in [-0.39, 0.29) is 17.5 Å². The Hall–Kier alpha value is -1.72. The van der Waals surface area contributed by atoms with Gasteiger partial charge < -0.3 is 10.4 Å². The molecule has 0 bridgehead atoms. The highest BCUT2D eigenvalue weighted by molar-refractivity contribution is 5.70. The van der Waals surface area contributed by atoms with Crippen LogP contribution in [0.15, 0.2) is 24.3 Å². The predicted molar refractivity (Wildman–Crippen MR) is 73.2 cm³/mol. The zero-order chi connectivity index (χ0) is 15.5. The third kappa shape index (κ3) is 4.65. The topological polar surface area (TPSA) is 49.3 Å². The minimum Gasteiger partial charge on any atom is -0.481 e. The van der Waals surface area contributed by atoms with Gasteiger partial charge in [0.05, 0.1) is 12.3 Å². The van der Waals surface area contributed by atoms with E-state index in [9.17, 15) is 18.0 Å². The fourth-order valence-electron chi connectivity index (χ4n) is 2.74. The van der Waals surface area contributed by atoms with Gasteiger partial charge in [-0.15, -0.1) is 0 Å². The van der Waals surface area contributed by atoms with Gasteiger partial charge in [0, 0.05) is 11.7 Å². The van der Waals surface area contributed by atoms with E-state index in [1.54, 1.807) is 18.2 Å². The molecule has 0 spiro atoms. The molecule has 2 N–H and O–H groups in total. The number of para-hydroxylation sites is 1. The van der Waals surface area contributed by atoms with Gasteiger partial charge in [-0.3, -0.25) is 4.79 Å². The summed E-state index contributed by atoms with van der Waals surface area (Å²) in [6, 6.07) is 6.44. The number of hydrogen-bond donors (Lipinski definition) is 2. The largest absolute Gasteiger partial charge is 0.481 e. The minimum absolute atomic E-state index is 0.0370. The number of carboxylic acid groups (broad SMARTS) is 1. The van der Waals surface area contributed by atoms with Crippen molar-refractivity contribution in [2.45, 2.75) is 44.3 Å². The second-order valence-electron chi connectivity index (χ2n) is 5.48. The van der Waals surface area contributed by atoms with Crippen molar-refractivity contribution in [3.63, 3.8) is 0 Å². The standard InChI is InChI=1S/C15H18F3NO2/c16-15(17,18)9-11-3-1-2-4-13(11)19-12-7-5-10(6-8-12)14(20)21/h1-4,10,12,19H,5-9H2,(H,20,21). The van der Waals surface area contributed by atoms with Crippen molar-refractivity contribution in [2.75, 3.05) is 5.32 Å². The lowest BCUT2D eigenvalue weighted by atomic mass is 9.86. The van der Waals surface area contributed by atoms with E-state index in [2.05, 4.69) is 5.32 Å². The van der Waals surface area contributed by atoms with Crippen LogP contribution in [0.4, 0.5) is 18.9 Å². The first-order chi connectivity index (χ1) is 9.85. The van der Waals surface area contributed by atoms with E-state index >= 15 is 0 Å². The second-order valence-corrected chi connectivity index (χ2v) is 5.48. The van der Waals surface area contributed by atoms with E-state index in [0.29, 0.717) is 31.4 Å². The molecule has 3 nitrogen and oxygen atoms in total. The van der Waals surface area contributed by atoms with Crippen LogP contribution in [0.1, 0.15) is 31.2 Å². The number of benzene rings is 1. The third-order valence-corrected chi connectivity index (χ3v) is 3.84. The van der Waals surface area contributed by atoms with Crippen molar-refractivity contribution in [2.24, 2.45) is 5.92 Å². The lowest BCUT2D eigenvalue weighted by Gasteiger charge is -2.28. The molecular weight excluding hydrogens is 283 g/mol. The predicted octanol–water partition coefficient (Wildman–Crippen LogP) is 3.85. The van der Waals surface area contributed by atoms with Gasteiger partial charge in [0.15, 0.2) is 0 Å². The first-order valence-corrected chi connectivity index (χ1v) is 6.99. The second kappa shape index (κ2) is 6.37. The van der Waals surface area contributed by atoms with E-state index in [1.807, 2.05) is 0 Å². The summed E-state index contributed by atoms with van der Waals surface area (Å²) in [5.41, 5.74) is 0.721. The highest BCUT2D eigenvalue weighted by Gasteiger charge is 2.30. The molecule has 0 amide bonds. The van der Waals surface area contributed by atoms with Gasteiger partial charge in [-0.1, -0.05) is 18.2 Å². The number of rotatable bonds is 4.